The number of ketones is 1. The first-order valence-corrected chi connectivity index (χ1v) is 9.23. The van der Waals surface area contributed by atoms with Crippen LogP contribution in [-0.4, -0.2) is 29.8 Å². The van der Waals surface area contributed by atoms with Gasteiger partial charge in [0.25, 0.3) is 5.91 Å². The zero-order chi connectivity index (χ0) is 19.8. The number of amides is 1. The highest BCUT2D eigenvalue weighted by Gasteiger charge is 2.39. The van der Waals surface area contributed by atoms with Gasteiger partial charge in [-0.1, -0.05) is 35.4 Å². The van der Waals surface area contributed by atoms with Gasteiger partial charge in [-0.3, -0.25) is 9.59 Å². The van der Waals surface area contributed by atoms with Crippen molar-refractivity contribution in [2.45, 2.75) is 6.04 Å². The van der Waals surface area contributed by atoms with Crippen molar-refractivity contribution in [3.63, 3.8) is 0 Å². The van der Waals surface area contributed by atoms with E-state index < -0.39 is 17.9 Å². The summed E-state index contributed by atoms with van der Waals surface area (Å²) in [7, 11) is 1.55. The quantitative estimate of drug-likeness (QED) is 0.779. The Morgan fingerprint density at radius 2 is 2.07 bits per heavy atom. The van der Waals surface area contributed by atoms with Crippen molar-refractivity contribution in [2.75, 3.05) is 17.7 Å². The van der Waals surface area contributed by atoms with Gasteiger partial charge in [0, 0.05) is 21.8 Å². The summed E-state index contributed by atoms with van der Waals surface area (Å²) < 4.78 is 5.40. The van der Waals surface area contributed by atoms with Crippen LogP contribution in [0, 0.1) is 5.92 Å². The zero-order valence-electron chi connectivity index (χ0n) is 14.7. The van der Waals surface area contributed by atoms with Crippen molar-refractivity contribution < 1.29 is 14.3 Å². The van der Waals surface area contributed by atoms with Gasteiger partial charge in [0.1, 0.15) is 11.6 Å². The predicted molar refractivity (Wildman–Crippen MR) is 108 cm³/mol. The van der Waals surface area contributed by atoms with E-state index in [1.807, 2.05) is 6.08 Å². The highest BCUT2D eigenvalue weighted by atomic mass is 35.5. The van der Waals surface area contributed by atoms with Gasteiger partial charge >= 0.3 is 0 Å². The molecule has 2 heterocycles. The normalized spacial score (nSPS) is 19.8. The lowest BCUT2D eigenvalue weighted by atomic mass is 9.81. The number of pyridine rings is 1. The summed E-state index contributed by atoms with van der Waals surface area (Å²) in [6.07, 6.45) is 6.87. The molecule has 142 valence electrons. The third-order valence-corrected chi connectivity index (χ3v) is 5.11. The first kappa shape index (κ1) is 18.5. The third-order valence-electron chi connectivity index (χ3n) is 4.66. The standard InChI is InChI=1S/C20H15Cl2N3O3/c1-28-15-4-2-3-12-18(15)25-17-13(19(12)26)7-11(22)8-14(17)20(27)24-16-9-10(21)5-6-23-16/h2-9,12,18,25H,1H3,(H,23,24,27). The number of halogens is 2. The van der Waals surface area contributed by atoms with Crippen LogP contribution < -0.4 is 10.6 Å². The molecule has 1 aliphatic heterocycles. The second kappa shape index (κ2) is 7.30. The summed E-state index contributed by atoms with van der Waals surface area (Å²) >= 11 is 12.1. The van der Waals surface area contributed by atoms with Gasteiger partial charge in [0.2, 0.25) is 0 Å². The Bertz CT molecular complexity index is 1050. The smallest absolute Gasteiger partial charge is 0.258 e. The summed E-state index contributed by atoms with van der Waals surface area (Å²) in [5.74, 6) is -0.110. The van der Waals surface area contributed by atoms with Gasteiger partial charge in [0.15, 0.2) is 5.78 Å². The van der Waals surface area contributed by atoms with Gasteiger partial charge in [-0.2, -0.15) is 0 Å². The lowest BCUT2D eigenvalue weighted by Gasteiger charge is -2.35. The van der Waals surface area contributed by atoms with E-state index in [1.54, 1.807) is 31.4 Å². The number of methoxy groups -OCH3 is 1. The van der Waals surface area contributed by atoms with E-state index in [0.29, 0.717) is 32.9 Å². The maximum Gasteiger partial charge on any atom is 0.258 e. The van der Waals surface area contributed by atoms with Crippen molar-refractivity contribution in [3.05, 3.63) is 75.6 Å². The molecular formula is C20H15Cl2N3O3. The molecule has 0 bridgehead atoms. The van der Waals surface area contributed by atoms with Crippen LogP contribution in [0.4, 0.5) is 11.5 Å². The van der Waals surface area contributed by atoms with Gasteiger partial charge in [-0.05, 0) is 30.3 Å². The average molecular weight is 416 g/mol. The monoisotopic (exact) mass is 415 g/mol. The van der Waals surface area contributed by atoms with Crippen LogP contribution >= 0.6 is 23.2 Å². The molecule has 2 unspecified atom stereocenters. The molecule has 2 aromatic rings. The van der Waals surface area contributed by atoms with Crippen LogP contribution in [0.5, 0.6) is 0 Å². The molecule has 0 saturated carbocycles. The molecule has 2 atom stereocenters. The van der Waals surface area contributed by atoms with Crippen molar-refractivity contribution >= 4 is 46.4 Å². The average Bonchev–Trinajstić information content (AvgIpc) is 2.68. The molecule has 4 rings (SSSR count). The maximum absolute atomic E-state index is 13.0. The van der Waals surface area contributed by atoms with E-state index in [2.05, 4.69) is 15.6 Å². The van der Waals surface area contributed by atoms with Gasteiger partial charge in [0.05, 0.1) is 30.3 Å². The Hall–Kier alpha value is -2.83. The molecule has 1 aromatic heterocycles. The van der Waals surface area contributed by atoms with E-state index in [9.17, 15) is 9.59 Å². The summed E-state index contributed by atoms with van der Waals surface area (Å²) in [5, 5.41) is 6.69. The molecule has 1 amide bonds. The number of hydrogen-bond donors (Lipinski definition) is 2. The minimum Gasteiger partial charge on any atom is -0.499 e. The van der Waals surface area contributed by atoms with E-state index in [-0.39, 0.29) is 11.3 Å². The fourth-order valence-electron chi connectivity index (χ4n) is 3.38. The molecule has 0 spiro atoms. The molecule has 1 aromatic carbocycles. The minimum absolute atomic E-state index is 0.130. The molecule has 2 N–H and O–H groups in total. The molecule has 1 aliphatic carbocycles. The molecular weight excluding hydrogens is 401 g/mol. The SMILES string of the molecule is COC1=CC=CC2C(=O)c3cc(Cl)cc(C(=O)Nc4cc(Cl)ccn4)c3NC12. The topological polar surface area (TPSA) is 80.3 Å². The largest absolute Gasteiger partial charge is 0.499 e. The van der Waals surface area contributed by atoms with Crippen molar-refractivity contribution in [1.29, 1.82) is 0 Å². The Morgan fingerprint density at radius 3 is 2.82 bits per heavy atom. The molecule has 2 aliphatic rings. The molecule has 0 radical (unpaired) electrons. The number of anilines is 2. The number of Topliss-reactive ketones (excluding diaryl/α,β-unsaturated/α-hetero) is 1. The lowest BCUT2D eigenvalue weighted by Crippen LogP contribution is -2.42. The Labute approximate surface area is 171 Å². The van der Waals surface area contributed by atoms with Gasteiger partial charge in [-0.25, -0.2) is 4.98 Å². The second-order valence-corrected chi connectivity index (χ2v) is 7.23. The number of aromatic nitrogens is 1. The second-order valence-electron chi connectivity index (χ2n) is 6.36. The highest BCUT2D eigenvalue weighted by Crippen LogP contribution is 2.38. The van der Waals surface area contributed by atoms with Crippen LogP contribution in [0.25, 0.3) is 0 Å². The molecule has 0 saturated heterocycles. The number of rotatable bonds is 3. The van der Waals surface area contributed by atoms with E-state index >= 15 is 0 Å². The van der Waals surface area contributed by atoms with Crippen LogP contribution in [0.3, 0.4) is 0 Å². The number of carbonyl (C=O) groups excluding carboxylic acids is 2. The van der Waals surface area contributed by atoms with Crippen LogP contribution in [0.1, 0.15) is 20.7 Å². The van der Waals surface area contributed by atoms with Gasteiger partial charge < -0.3 is 15.4 Å². The number of ether oxygens (including phenoxy) is 1. The highest BCUT2D eigenvalue weighted by molar-refractivity contribution is 6.32. The van der Waals surface area contributed by atoms with E-state index in [4.69, 9.17) is 27.9 Å². The Kier molecular flexibility index (Phi) is 4.83. The number of nitrogens with zero attached hydrogens (tertiary/aromatic N) is 1. The third kappa shape index (κ3) is 3.25. The van der Waals surface area contributed by atoms with Crippen LogP contribution in [-0.2, 0) is 4.74 Å². The van der Waals surface area contributed by atoms with Crippen LogP contribution in [0.2, 0.25) is 10.0 Å². The number of carbonyl (C=O) groups is 2. The first-order valence-electron chi connectivity index (χ1n) is 8.47. The maximum atomic E-state index is 13.0. The molecule has 28 heavy (non-hydrogen) atoms. The predicted octanol–water partition coefficient (Wildman–Crippen LogP) is 4.33. The summed E-state index contributed by atoms with van der Waals surface area (Å²) in [6.45, 7) is 0. The number of allylic oxidation sites excluding steroid dienone is 2. The fourth-order valence-corrected chi connectivity index (χ4v) is 3.76. The van der Waals surface area contributed by atoms with E-state index in [1.165, 1.54) is 18.3 Å². The number of hydrogen-bond acceptors (Lipinski definition) is 5. The Morgan fingerprint density at radius 1 is 1.25 bits per heavy atom. The number of fused-ring (bicyclic) bond motifs is 2. The lowest BCUT2D eigenvalue weighted by molar-refractivity contribution is 0.0919. The van der Waals surface area contributed by atoms with Crippen molar-refractivity contribution in [3.8, 4) is 0 Å². The zero-order valence-corrected chi connectivity index (χ0v) is 16.2. The van der Waals surface area contributed by atoms with Crippen molar-refractivity contribution in [2.24, 2.45) is 5.92 Å². The van der Waals surface area contributed by atoms with Crippen molar-refractivity contribution in [1.82, 2.24) is 4.98 Å². The Balaban J connectivity index is 1.75. The molecule has 6 nitrogen and oxygen atoms in total. The molecule has 0 fully saturated rings. The summed E-state index contributed by atoms with van der Waals surface area (Å²) in [5.41, 5.74) is 1.01. The van der Waals surface area contributed by atoms with E-state index in [0.717, 1.165) is 0 Å². The number of nitrogens with one attached hydrogen (secondary N) is 2. The summed E-state index contributed by atoms with van der Waals surface area (Å²) in [6, 6.07) is 5.81. The first-order chi connectivity index (χ1) is 13.5. The number of benzene rings is 1. The van der Waals surface area contributed by atoms with Gasteiger partial charge in [-0.15, -0.1) is 0 Å². The summed E-state index contributed by atoms with van der Waals surface area (Å²) in [4.78, 5) is 30.0. The van der Waals surface area contributed by atoms with Crippen LogP contribution in [0.15, 0.2) is 54.4 Å². The minimum atomic E-state index is -0.457. The fraction of sp³-hybridized carbons (Fsp3) is 0.150. The molecule has 8 heteroatoms.